The molecule has 0 saturated heterocycles. The number of carbonyl (C=O) groups is 1. The summed E-state index contributed by atoms with van der Waals surface area (Å²) in [7, 11) is 0.317. The van der Waals surface area contributed by atoms with Gasteiger partial charge in [0.15, 0.2) is 11.0 Å². The van der Waals surface area contributed by atoms with Crippen molar-refractivity contribution in [1.29, 1.82) is 5.41 Å². The van der Waals surface area contributed by atoms with Crippen molar-refractivity contribution < 1.29 is 13.7 Å². The number of amidine groups is 1. The molecule has 0 saturated carbocycles. The molecule has 0 spiro atoms. The number of pyridine rings is 1. The van der Waals surface area contributed by atoms with Crippen LogP contribution in [0.25, 0.3) is 11.0 Å². The third kappa shape index (κ3) is 6.12. The van der Waals surface area contributed by atoms with E-state index in [1.165, 1.54) is 0 Å². The minimum atomic E-state index is -1.61. The highest BCUT2D eigenvalue weighted by Crippen LogP contribution is 2.24. The van der Waals surface area contributed by atoms with Gasteiger partial charge in [-0.2, -0.15) is 0 Å². The van der Waals surface area contributed by atoms with Gasteiger partial charge in [-0.1, -0.05) is 6.07 Å². The second kappa shape index (κ2) is 11.7. The molecule has 37 heavy (non-hydrogen) atoms. The summed E-state index contributed by atoms with van der Waals surface area (Å²) >= 11 is 0. The lowest BCUT2D eigenvalue weighted by Crippen LogP contribution is -2.29. The van der Waals surface area contributed by atoms with Crippen LogP contribution in [0.1, 0.15) is 24.7 Å². The van der Waals surface area contributed by atoms with E-state index in [9.17, 15) is 9.00 Å². The zero-order chi connectivity index (χ0) is 26.4. The quantitative estimate of drug-likeness (QED) is 0.157. The largest absolute Gasteiger partial charge is 0.466 e. The lowest BCUT2D eigenvalue weighted by molar-refractivity contribution is -0.142. The van der Waals surface area contributed by atoms with Crippen LogP contribution in [0.2, 0.25) is 0 Å². The SMILES string of the molecule is CCOC(=O)CCN(c1ccccn1)S(=O)c1ccc2c(c1)nc(CNc1ccc(C(=N)N)cc1)n2C. The predicted molar refractivity (Wildman–Crippen MR) is 145 cm³/mol. The third-order valence-electron chi connectivity index (χ3n) is 5.72. The summed E-state index contributed by atoms with van der Waals surface area (Å²) in [6.07, 6.45) is 1.71. The molecule has 10 nitrogen and oxygen atoms in total. The Balaban J connectivity index is 1.54. The summed E-state index contributed by atoms with van der Waals surface area (Å²) < 4.78 is 22.2. The first kappa shape index (κ1) is 25.8. The number of hydrogen-bond acceptors (Lipinski definition) is 7. The standard InChI is InChI=1S/C26H29N7O3S/c1-3-36-25(34)13-15-33(23-6-4-5-14-29-23)37(35)20-11-12-22-21(16-20)31-24(32(22)2)17-30-19-9-7-18(8-10-19)26(27)28/h4-12,14,16,30H,3,13,15,17H2,1-2H3,(H3,27,28). The predicted octanol–water partition coefficient (Wildman–Crippen LogP) is 3.35. The molecule has 0 aliphatic carbocycles. The molecule has 2 aromatic carbocycles. The number of nitrogens with two attached hydrogens (primary N) is 1. The number of aryl methyl sites for hydroxylation is 1. The van der Waals surface area contributed by atoms with Gasteiger partial charge in [0.1, 0.15) is 17.5 Å². The number of nitrogens with one attached hydrogen (secondary N) is 2. The average molecular weight is 520 g/mol. The lowest BCUT2D eigenvalue weighted by atomic mass is 10.2. The van der Waals surface area contributed by atoms with Crippen LogP contribution in [0.4, 0.5) is 11.5 Å². The van der Waals surface area contributed by atoms with Gasteiger partial charge in [-0.25, -0.2) is 14.2 Å². The van der Waals surface area contributed by atoms with Crippen molar-refractivity contribution in [2.75, 3.05) is 22.8 Å². The minimum Gasteiger partial charge on any atom is -0.466 e. The molecule has 0 aliphatic rings. The molecular formula is C26H29N7O3S. The van der Waals surface area contributed by atoms with Gasteiger partial charge in [0.05, 0.1) is 35.5 Å². The number of fused-ring (bicyclic) bond motifs is 1. The first-order chi connectivity index (χ1) is 17.9. The summed E-state index contributed by atoms with van der Waals surface area (Å²) in [5.41, 5.74) is 8.68. The number of nitrogens with zero attached hydrogens (tertiary/aromatic N) is 4. The molecule has 0 amide bonds. The smallest absolute Gasteiger partial charge is 0.307 e. The van der Waals surface area contributed by atoms with Gasteiger partial charge in [0, 0.05) is 31.0 Å². The van der Waals surface area contributed by atoms with Crippen LogP contribution in [0.15, 0.2) is 71.8 Å². The molecular weight excluding hydrogens is 490 g/mol. The Morgan fingerprint density at radius 3 is 2.65 bits per heavy atom. The number of anilines is 2. The second-order valence-corrected chi connectivity index (χ2v) is 9.59. The molecule has 2 aromatic heterocycles. The van der Waals surface area contributed by atoms with E-state index < -0.39 is 11.0 Å². The maximum absolute atomic E-state index is 13.6. The van der Waals surface area contributed by atoms with Crippen LogP contribution in [-0.4, -0.2) is 43.7 Å². The Kier molecular flexibility index (Phi) is 8.14. The number of carbonyl (C=O) groups excluding carboxylic acids is 1. The summed E-state index contributed by atoms with van der Waals surface area (Å²) in [5.74, 6) is 0.982. The maximum Gasteiger partial charge on any atom is 0.307 e. The number of ether oxygens (including phenoxy) is 1. The Bertz CT molecular complexity index is 1420. The van der Waals surface area contributed by atoms with E-state index in [2.05, 4.69) is 10.3 Å². The molecule has 2 heterocycles. The van der Waals surface area contributed by atoms with Gasteiger partial charge in [0.2, 0.25) is 0 Å². The highest BCUT2D eigenvalue weighted by Gasteiger charge is 2.20. The molecule has 0 radical (unpaired) electrons. The number of nitrogen functional groups attached to an aromatic ring is 1. The van der Waals surface area contributed by atoms with Crippen LogP contribution < -0.4 is 15.4 Å². The van der Waals surface area contributed by atoms with Crippen LogP contribution >= 0.6 is 0 Å². The zero-order valence-corrected chi connectivity index (χ0v) is 21.5. The fourth-order valence-electron chi connectivity index (χ4n) is 3.78. The maximum atomic E-state index is 13.6. The van der Waals surface area contributed by atoms with Crippen molar-refractivity contribution in [3.8, 4) is 0 Å². The van der Waals surface area contributed by atoms with Crippen molar-refractivity contribution >= 4 is 45.3 Å². The van der Waals surface area contributed by atoms with Gasteiger partial charge in [-0.05, 0) is 61.5 Å². The molecule has 1 atom stereocenters. The number of esters is 1. The second-order valence-electron chi connectivity index (χ2n) is 8.18. The van der Waals surface area contributed by atoms with Crippen LogP contribution in [0.3, 0.4) is 0 Å². The molecule has 192 valence electrons. The first-order valence-corrected chi connectivity index (χ1v) is 12.9. The number of rotatable bonds is 11. The van der Waals surface area contributed by atoms with Gasteiger partial charge in [0.25, 0.3) is 0 Å². The van der Waals surface area contributed by atoms with Crippen LogP contribution in [0, 0.1) is 5.41 Å². The van der Waals surface area contributed by atoms with E-state index in [4.69, 9.17) is 20.9 Å². The summed E-state index contributed by atoms with van der Waals surface area (Å²) in [4.78, 5) is 21.6. The van der Waals surface area contributed by atoms with E-state index in [-0.39, 0.29) is 24.8 Å². The highest BCUT2D eigenvalue weighted by atomic mass is 32.2. The van der Waals surface area contributed by atoms with Crippen molar-refractivity contribution in [2.45, 2.75) is 24.8 Å². The topological polar surface area (TPSA) is 139 Å². The van der Waals surface area contributed by atoms with Crippen molar-refractivity contribution in [3.63, 3.8) is 0 Å². The lowest BCUT2D eigenvalue weighted by Gasteiger charge is -2.22. The van der Waals surface area contributed by atoms with E-state index in [0.29, 0.717) is 34.9 Å². The molecule has 11 heteroatoms. The minimum absolute atomic E-state index is 0.0256. The highest BCUT2D eigenvalue weighted by molar-refractivity contribution is 7.86. The van der Waals surface area contributed by atoms with E-state index in [1.807, 2.05) is 35.9 Å². The van der Waals surface area contributed by atoms with Gasteiger partial charge in [-0.3, -0.25) is 14.5 Å². The normalized spacial score (nSPS) is 11.7. The average Bonchev–Trinajstić information content (AvgIpc) is 3.23. The fourth-order valence-corrected chi connectivity index (χ4v) is 4.97. The third-order valence-corrected chi connectivity index (χ3v) is 7.15. The molecule has 0 fully saturated rings. The van der Waals surface area contributed by atoms with E-state index >= 15 is 0 Å². The Hall–Kier alpha value is -4.25. The zero-order valence-electron chi connectivity index (χ0n) is 20.7. The van der Waals surface area contributed by atoms with E-state index in [0.717, 1.165) is 17.0 Å². The van der Waals surface area contributed by atoms with Gasteiger partial charge in [-0.15, -0.1) is 0 Å². The Morgan fingerprint density at radius 2 is 1.97 bits per heavy atom. The van der Waals surface area contributed by atoms with Crippen molar-refractivity contribution in [2.24, 2.45) is 12.8 Å². The molecule has 4 N–H and O–H groups in total. The van der Waals surface area contributed by atoms with Gasteiger partial charge >= 0.3 is 5.97 Å². The fraction of sp³-hybridized carbons (Fsp3) is 0.231. The van der Waals surface area contributed by atoms with Gasteiger partial charge < -0.3 is 20.4 Å². The summed E-state index contributed by atoms with van der Waals surface area (Å²) in [6, 6.07) is 18.2. The van der Waals surface area contributed by atoms with Crippen LogP contribution in [0.5, 0.6) is 0 Å². The number of hydrogen-bond donors (Lipinski definition) is 3. The monoisotopic (exact) mass is 519 g/mol. The van der Waals surface area contributed by atoms with Crippen molar-refractivity contribution in [3.05, 3.63) is 78.2 Å². The Labute approximate surface area is 217 Å². The Morgan fingerprint density at radius 1 is 1.19 bits per heavy atom. The number of benzene rings is 2. The number of aromatic nitrogens is 3. The summed E-state index contributed by atoms with van der Waals surface area (Å²) in [6.45, 7) is 2.72. The van der Waals surface area contributed by atoms with Crippen molar-refractivity contribution in [1.82, 2.24) is 14.5 Å². The van der Waals surface area contributed by atoms with E-state index in [1.54, 1.807) is 53.8 Å². The molecule has 4 rings (SSSR count). The summed E-state index contributed by atoms with van der Waals surface area (Å²) in [5, 5.41) is 10.8. The molecule has 0 aliphatic heterocycles. The molecule has 0 bridgehead atoms. The molecule has 1 unspecified atom stereocenters. The molecule has 4 aromatic rings. The first-order valence-electron chi connectivity index (χ1n) is 11.8. The van der Waals surface area contributed by atoms with Crippen LogP contribution in [-0.2, 0) is 34.1 Å². The number of imidazole rings is 1.